The van der Waals surface area contributed by atoms with Gasteiger partial charge in [-0.15, -0.1) is 0 Å². The number of rotatable bonds is 0. The third-order valence-electron chi connectivity index (χ3n) is 1.19. The normalized spacial score (nSPS) is 8.11. The van der Waals surface area contributed by atoms with Crippen molar-refractivity contribution in [3.63, 3.8) is 0 Å². The van der Waals surface area contributed by atoms with E-state index in [4.69, 9.17) is 5.73 Å². The molecule has 1 aromatic carbocycles. The first-order valence-electron chi connectivity index (χ1n) is 2.62. The summed E-state index contributed by atoms with van der Waals surface area (Å²) in [5.74, 6) is 0. The third-order valence-corrected chi connectivity index (χ3v) is 1.19. The Morgan fingerprint density at radius 1 is 1.22 bits per heavy atom. The summed E-state index contributed by atoms with van der Waals surface area (Å²) in [5.41, 5.74) is 7.53. The van der Waals surface area contributed by atoms with Crippen LogP contribution in [0.2, 0.25) is 0 Å². The second kappa shape index (κ2) is 3.55. The maximum absolute atomic E-state index is 5.52. The van der Waals surface area contributed by atoms with Crippen LogP contribution >= 0.6 is 0 Å². The smallest absolute Gasteiger partial charge is 0.0343 e. The van der Waals surface area contributed by atoms with Crippen LogP contribution in [0.5, 0.6) is 0 Å². The Morgan fingerprint density at radius 3 is 2.11 bits per heavy atom. The first kappa shape index (κ1) is 8.55. The minimum Gasteiger partial charge on any atom is -0.399 e. The SMILES string of the molecule is Cc1ccccc1N.[Al]. The number of nitrogens with two attached hydrogens (primary N) is 1. The lowest BCUT2D eigenvalue weighted by atomic mass is 10.2. The topological polar surface area (TPSA) is 26.0 Å². The highest BCUT2D eigenvalue weighted by molar-refractivity contribution is 5.75. The summed E-state index contributed by atoms with van der Waals surface area (Å²) in [7, 11) is 0. The molecule has 0 bridgehead atoms. The second-order valence-corrected chi connectivity index (χ2v) is 1.86. The van der Waals surface area contributed by atoms with Crippen molar-refractivity contribution < 1.29 is 0 Å². The molecular formula is C7H9AlN. The highest BCUT2D eigenvalue weighted by atomic mass is 27.0. The molecule has 0 atom stereocenters. The predicted octanol–water partition coefficient (Wildman–Crippen LogP) is 1.20. The average molecular weight is 134 g/mol. The van der Waals surface area contributed by atoms with E-state index in [1.54, 1.807) is 0 Å². The molecule has 45 valence electrons. The van der Waals surface area contributed by atoms with Crippen molar-refractivity contribution in [2.24, 2.45) is 0 Å². The molecule has 0 amide bonds. The minimum atomic E-state index is 0. The van der Waals surface area contributed by atoms with Crippen LogP contribution in [0.25, 0.3) is 0 Å². The average Bonchev–Trinajstić information content (AvgIpc) is 1.77. The maximum atomic E-state index is 5.52. The van der Waals surface area contributed by atoms with Crippen LogP contribution in [0, 0.1) is 6.92 Å². The van der Waals surface area contributed by atoms with Gasteiger partial charge in [0.25, 0.3) is 0 Å². The number of hydrogen-bond acceptors (Lipinski definition) is 1. The fourth-order valence-corrected chi connectivity index (χ4v) is 0.587. The van der Waals surface area contributed by atoms with E-state index in [1.165, 1.54) is 0 Å². The summed E-state index contributed by atoms with van der Waals surface area (Å²) in [4.78, 5) is 0. The number of para-hydroxylation sites is 1. The van der Waals surface area contributed by atoms with E-state index in [9.17, 15) is 0 Å². The van der Waals surface area contributed by atoms with Gasteiger partial charge in [-0.1, -0.05) is 18.2 Å². The fraction of sp³-hybridized carbons (Fsp3) is 0.143. The molecule has 0 heterocycles. The Labute approximate surface area is 66.0 Å². The zero-order valence-electron chi connectivity index (χ0n) is 5.46. The number of anilines is 1. The predicted molar refractivity (Wildman–Crippen MR) is 41.3 cm³/mol. The van der Waals surface area contributed by atoms with Crippen molar-refractivity contribution in [1.29, 1.82) is 0 Å². The molecule has 0 spiro atoms. The van der Waals surface area contributed by atoms with Crippen LogP contribution in [-0.4, -0.2) is 17.4 Å². The first-order valence-corrected chi connectivity index (χ1v) is 2.62. The molecule has 0 fully saturated rings. The van der Waals surface area contributed by atoms with Crippen molar-refractivity contribution >= 4 is 23.0 Å². The number of hydrogen-bond donors (Lipinski definition) is 1. The lowest BCUT2D eigenvalue weighted by molar-refractivity contribution is 1.47. The number of aryl methyl sites for hydroxylation is 1. The Kier molecular flexibility index (Phi) is 3.38. The molecule has 3 radical (unpaired) electrons. The van der Waals surface area contributed by atoms with Crippen molar-refractivity contribution in [3.8, 4) is 0 Å². The largest absolute Gasteiger partial charge is 0.399 e. The van der Waals surface area contributed by atoms with E-state index in [-0.39, 0.29) is 17.4 Å². The van der Waals surface area contributed by atoms with Crippen LogP contribution in [0.4, 0.5) is 5.69 Å². The number of benzene rings is 1. The molecule has 9 heavy (non-hydrogen) atoms. The lowest BCUT2D eigenvalue weighted by Crippen LogP contribution is -1.85. The molecule has 0 aliphatic rings. The van der Waals surface area contributed by atoms with E-state index < -0.39 is 0 Å². The zero-order chi connectivity index (χ0) is 5.98. The standard InChI is InChI=1S/C7H9N.Al/c1-6-4-2-3-5-7(6)8;/h2-5H,8H2,1H3;. The quantitative estimate of drug-likeness (QED) is 0.418. The van der Waals surface area contributed by atoms with Gasteiger partial charge in [0.1, 0.15) is 0 Å². The van der Waals surface area contributed by atoms with Gasteiger partial charge in [-0.2, -0.15) is 0 Å². The molecule has 0 aliphatic heterocycles. The molecule has 0 aliphatic carbocycles. The van der Waals surface area contributed by atoms with Gasteiger partial charge in [-0.3, -0.25) is 0 Å². The van der Waals surface area contributed by atoms with E-state index in [1.807, 2.05) is 31.2 Å². The Hall–Kier alpha value is -0.448. The van der Waals surface area contributed by atoms with E-state index >= 15 is 0 Å². The van der Waals surface area contributed by atoms with Crippen molar-refractivity contribution in [1.82, 2.24) is 0 Å². The summed E-state index contributed by atoms with van der Waals surface area (Å²) in [6.45, 7) is 2.00. The van der Waals surface area contributed by atoms with Gasteiger partial charge in [-0.25, -0.2) is 0 Å². The summed E-state index contributed by atoms with van der Waals surface area (Å²) in [5, 5.41) is 0. The minimum absolute atomic E-state index is 0. The van der Waals surface area contributed by atoms with E-state index in [2.05, 4.69) is 0 Å². The first-order chi connectivity index (χ1) is 3.80. The molecule has 1 rings (SSSR count). The van der Waals surface area contributed by atoms with Crippen LogP contribution < -0.4 is 5.73 Å². The molecule has 0 saturated carbocycles. The van der Waals surface area contributed by atoms with Crippen LogP contribution in [0.3, 0.4) is 0 Å². The van der Waals surface area contributed by atoms with Gasteiger partial charge in [0.05, 0.1) is 0 Å². The second-order valence-electron chi connectivity index (χ2n) is 1.86. The molecule has 2 heteroatoms. The Morgan fingerprint density at radius 2 is 1.78 bits per heavy atom. The van der Waals surface area contributed by atoms with E-state index in [0.717, 1.165) is 11.3 Å². The van der Waals surface area contributed by atoms with Gasteiger partial charge in [0.15, 0.2) is 0 Å². The van der Waals surface area contributed by atoms with Gasteiger partial charge >= 0.3 is 0 Å². The van der Waals surface area contributed by atoms with Crippen molar-refractivity contribution in [3.05, 3.63) is 29.8 Å². The zero-order valence-corrected chi connectivity index (χ0v) is 6.62. The fourth-order valence-electron chi connectivity index (χ4n) is 0.587. The molecule has 0 saturated heterocycles. The highest BCUT2D eigenvalue weighted by Crippen LogP contribution is 2.06. The van der Waals surface area contributed by atoms with Crippen LogP contribution in [0.1, 0.15) is 5.56 Å². The molecule has 1 aromatic rings. The summed E-state index contributed by atoms with van der Waals surface area (Å²) >= 11 is 0. The third kappa shape index (κ3) is 2.09. The van der Waals surface area contributed by atoms with Crippen LogP contribution in [0.15, 0.2) is 24.3 Å². The van der Waals surface area contributed by atoms with Gasteiger partial charge in [0.2, 0.25) is 0 Å². The summed E-state index contributed by atoms with van der Waals surface area (Å²) < 4.78 is 0. The van der Waals surface area contributed by atoms with Crippen LogP contribution in [-0.2, 0) is 0 Å². The summed E-state index contributed by atoms with van der Waals surface area (Å²) in [6, 6.07) is 7.80. The Bertz CT molecular complexity index is 165. The molecule has 1 nitrogen and oxygen atoms in total. The monoisotopic (exact) mass is 134 g/mol. The Balaban J connectivity index is 0.000000640. The number of nitrogen functional groups attached to an aromatic ring is 1. The van der Waals surface area contributed by atoms with E-state index in [0.29, 0.717) is 0 Å². The van der Waals surface area contributed by atoms with Crippen molar-refractivity contribution in [2.75, 3.05) is 5.73 Å². The molecule has 0 unspecified atom stereocenters. The highest BCUT2D eigenvalue weighted by Gasteiger charge is 1.84. The van der Waals surface area contributed by atoms with Crippen molar-refractivity contribution in [2.45, 2.75) is 6.92 Å². The molecular weight excluding hydrogens is 125 g/mol. The van der Waals surface area contributed by atoms with Gasteiger partial charge in [-0.05, 0) is 18.6 Å². The van der Waals surface area contributed by atoms with Gasteiger partial charge < -0.3 is 5.73 Å². The van der Waals surface area contributed by atoms with Gasteiger partial charge in [0, 0.05) is 23.0 Å². The lowest BCUT2D eigenvalue weighted by Gasteiger charge is -1.93. The molecule has 0 aromatic heterocycles. The molecule has 2 N–H and O–H groups in total. The summed E-state index contributed by atoms with van der Waals surface area (Å²) in [6.07, 6.45) is 0. The maximum Gasteiger partial charge on any atom is 0.0343 e.